The number of nitrogens with zero attached hydrogens (tertiary/aromatic N) is 3. The smallest absolute Gasteiger partial charge is 0.164 e. The molecule has 0 aliphatic heterocycles. The minimum Gasteiger partial charge on any atom is -0.493 e. The topological polar surface area (TPSA) is 88.8 Å². The van der Waals surface area contributed by atoms with Gasteiger partial charge in [-0.2, -0.15) is 10.4 Å². The van der Waals surface area contributed by atoms with Crippen LogP contribution in [-0.2, 0) is 11.3 Å². The molecule has 0 fully saturated rings. The summed E-state index contributed by atoms with van der Waals surface area (Å²) in [7, 11) is 3.15. The number of nitrogens with one attached hydrogen (secondary N) is 1. The van der Waals surface area contributed by atoms with Gasteiger partial charge in [0.2, 0.25) is 0 Å². The largest absolute Gasteiger partial charge is 0.493 e. The predicted molar refractivity (Wildman–Crippen MR) is 104 cm³/mol. The third-order valence-corrected chi connectivity index (χ3v) is 3.57. The van der Waals surface area contributed by atoms with Crippen LogP contribution in [0.25, 0.3) is 0 Å². The lowest BCUT2D eigenvalue weighted by Gasteiger charge is -2.10. The van der Waals surface area contributed by atoms with Crippen LogP contribution >= 0.6 is 0 Å². The lowest BCUT2D eigenvalue weighted by molar-refractivity contribution is 0.184. The molecule has 2 rings (SSSR count). The Kier molecular flexibility index (Phi) is 7.35. The van der Waals surface area contributed by atoms with Crippen LogP contribution in [0.5, 0.6) is 11.5 Å². The van der Waals surface area contributed by atoms with Crippen molar-refractivity contribution in [1.82, 2.24) is 4.98 Å². The molecular weight excluding hydrogens is 344 g/mol. The number of hydrogen-bond donors (Lipinski definition) is 1. The van der Waals surface area contributed by atoms with Gasteiger partial charge in [-0.05, 0) is 36.8 Å². The monoisotopic (exact) mass is 366 g/mol. The maximum atomic E-state index is 9.43. The second-order valence-electron chi connectivity index (χ2n) is 5.57. The second-order valence-corrected chi connectivity index (χ2v) is 5.57. The highest BCUT2D eigenvalue weighted by Crippen LogP contribution is 2.27. The first-order chi connectivity index (χ1) is 13.1. The number of methoxy groups -OCH3 is 2. The highest BCUT2D eigenvalue weighted by Gasteiger charge is 2.11. The number of rotatable bonds is 9. The number of hydrazone groups is 1. The number of aromatic nitrogens is 1. The van der Waals surface area contributed by atoms with E-state index in [4.69, 9.17) is 14.2 Å². The third-order valence-electron chi connectivity index (χ3n) is 3.57. The van der Waals surface area contributed by atoms with E-state index in [1.165, 1.54) is 0 Å². The Balaban J connectivity index is 2.20. The average Bonchev–Trinajstić information content (AvgIpc) is 2.67. The Morgan fingerprint density at radius 1 is 1.30 bits per heavy atom. The molecule has 0 aliphatic carbocycles. The molecule has 0 unspecified atom stereocenters. The quantitative estimate of drug-likeness (QED) is 0.415. The van der Waals surface area contributed by atoms with Gasteiger partial charge in [-0.15, -0.1) is 0 Å². The third kappa shape index (κ3) is 5.30. The predicted octanol–water partition coefficient (Wildman–Crippen LogP) is 3.43. The molecule has 0 bridgehead atoms. The van der Waals surface area contributed by atoms with Gasteiger partial charge in [0.25, 0.3) is 0 Å². The van der Waals surface area contributed by atoms with Crippen molar-refractivity contribution in [3.05, 3.63) is 59.3 Å². The number of nitriles is 1. The van der Waals surface area contributed by atoms with Gasteiger partial charge in [-0.25, -0.2) is 4.98 Å². The summed E-state index contributed by atoms with van der Waals surface area (Å²) >= 11 is 0. The fraction of sp³-hybridized carbons (Fsp3) is 0.250. The molecule has 0 atom stereocenters. The van der Waals surface area contributed by atoms with Crippen LogP contribution < -0.4 is 14.9 Å². The van der Waals surface area contributed by atoms with E-state index in [1.807, 2.05) is 19.1 Å². The molecule has 2 aromatic rings. The summed E-state index contributed by atoms with van der Waals surface area (Å²) in [4.78, 5) is 4.34. The molecule has 0 aliphatic rings. The van der Waals surface area contributed by atoms with Gasteiger partial charge >= 0.3 is 0 Å². The lowest BCUT2D eigenvalue weighted by atomic mass is 10.1. The van der Waals surface area contributed by atoms with E-state index in [9.17, 15) is 5.26 Å². The summed E-state index contributed by atoms with van der Waals surface area (Å²) in [5, 5.41) is 13.6. The molecular formula is C20H22N4O3. The van der Waals surface area contributed by atoms with Gasteiger partial charge in [0.1, 0.15) is 18.2 Å². The molecule has 1 heterocycles. The van der Waals surface area contributed by atoms with Crippen molar-refractivity contribution < 1.29 is 14.2 Å². The van der Waals surface area contributed by atoms with Crippen molar-refractivity contribution in [2.45, 2.75) is 13.5 Å². The van der Waals surface area contributed by atoms with Crippen molar-refractivity contribution >= 4 is 12.0 Å². The lowest BCUT2D eigenvalue weighted by Crippen LogP contribution is -2.03. The van der Waals surface area contributed by atoms with E-state index >= 15 is 0 Å². The van der Waals surface area contributed by atoms with Gasteiger partial charge in [0.05, 0.1) is 19.9 Å². The summed E-state index contributed by atoms with van der Waals surface area (Å²) in [6, 6.07) is 9.41. The molecule has 1 N–H and O–H groups in total. The second kappa shape index (κ2) is 9.94. The van der Waals surface area contributed by atoms with E-state index in [-0.39, 0.29) is 0 Å². The van der Waals surface area contributed by atoms with E-state index < -0.39 is 0 Å². The SMILES string of the molecule is C=CCOc1ccc(/C=N/Nc2nc(C)cc(COC)c2C#N)cc1OC. The van der Waals surface area contributed by atoms with Crippen LogP contribution in [0.4, 0.5) is 5.82 Å². The highest BCUT2D eigenvalue weighted by molar-refractivity contribution is 5.81. The van der Waals surface area contributed by atoms with Crippen molar-refractivity contribution in [1.29, 1.82) is 5.26 Å². The van der Waals surface area contributed by atoms with E-state index in [0.717, 1.165) is 16.8 Å². The summed E-state index contributed by atoms with van der Waals surface area (Å²) in [5.41, 5.74) is 5.57. The Hall–Kier alpha value is -3.37. The molecule has 1 aromatic heterocycles. The van der Waals surface area contributed by atoms with E-state index in [1.54, 1.807) is 38.6 Å². The Bertz CT molecular complexity index is 872. The van der Waals surface area contributed by atoms with Gasteiger partial charge in [-0.3, -0.25) is 5.43 Å². The van der Waals surface area contributed by atoms with Crippen LogP contribution in [0, 0.1) is 18.3 Å². The fourth-order valence-corrected chi connectivity index (χ4v) is 2.42. The molecule has 1 aromatic carbocycles. The summed E-state index contributed by atoms with van der Waals surface area (Å²) in [6.07, 6.45) is 3.28. The minimum absolute atomic E-state index is 0.327. The fourth-order valence-electron chi connectivity index (χ4n) is 2.42. The minimum atomic E-state index is 0.327. The zero-order chi connectivity index (χ0) is 19.6. The molecule has 0 saturated carbocycles. The normalized spacial score (nSPS) is 10.4. The van der Waals surface area contributed by atoms with Crippen LogP contribution in [0.1, 0.15) is 22.4 Å². The highest BCUT2D eigenvalue weighted by atomic mass is 16.5. The van der Waals surface area contributed by atoms with Crippen LogP contribution in [0.2, 0.25) is 0 Å². The Labute approximate surface area is 158 Å². The van der Waals surface area contributed by atoms with Crippen molar-refractivity contribution in [2.24, 2.45) is 5.10 Å². The maximum Gasteiger partial charge on any atom is 0.164 e. The molecule has 27 heavy (non-hydrogen) atoms. The summed E-state index contributed by atoms with van der Waals surface area (Å²) < 4.78 is 16.0. The number of benzene rings is 1. The molecule has 7 heteroatoms. The van der Waals surface area contributed by atoms with Crippen molar-refractivity contribution in [3.63, 3.8) is 0 Å². The van der Waals surface area contributed by atoms with Crippen LogP contribution in [-0.4, -0.2) is 32.0 Å². The zero-order valence-corrected chi connectivity index (χ0v) is 15.7. The first kappa shape index (κ1) is 19.9. The van der Waals surface area contributed by atoms with Gasteiger partial charge < -0.3 is 14.2 Å². The number of pyridine rings is 1. The maximum absolute atomic E-state index is 9.43. The molecule has 7 nitrogen and oxygen atoms in total. The van der Waals surface area contributed by atoms with E-state index in [2.05, 4.69) is 28.2 Å². The number of hydrogen-bond acceptors (Lipinski definition) is 7. The van der Waals surface area contributed by atoms with Crippen LogP contribution in [0.3, 0.4) is 0 Å². The van der Waals surface area contributed by atoms with E-state index in [0.29, 0.717) is 36.1 Å². The molecule has 0 radical (unpaired) electrons. The number of aryl methyl sites for hydroxylation is 1. The molecule has 0 amide bonds. The van der Waals surface area contributed by atoms with Gasteiger partial charge in [0, 0.05) is 18.4 Å². The molecule has 140 valence electrons. The van der Waals surface area contributed by atoms with Gasteiger partial charge in [0.15, 0.2) is 17.3 Å². The Morgan fingerprint density at radius 2 is 2.11 bits per heavy atom. The molecule has 0 spiro atoms. The average molecular weight is 366 g/mol. The van der Waals surface area contributed by atoms with Crippen molar-refractivity contribution in [2.75, 3.05) is 26.3 Å². The number of ether oxygens (including phenoxy) is 3. The first-order valence-corrected chi connectivity index (χ1v) is 8.23. The number of anilines is 1. The first-order valence-electron chi connectivity index (χ1n) is 8.23. The molecule has 0 saturated heterocycles. The zero-order valence-electron chi connectivity index (χ0n) is 15.7. The van der Waals surface area contributed by atoms with Crippen molar-refractivity contribution in [3.8, 4) is 17.6 Å². The Morgan fingerprint density at radius 3 is 2.78 bits per heavy atom. The van der Waals surface area contributed by atoms with Crippen LogP contribution in [0.15, 0.2) is 42.0 Å². The van der Waals surface area contributed by atoms with Gasteiger partial charge in [-0.1, -0.05) is 12.7 Å². The summed E-state index contributed by atoms with van der Waals surface area (Å²) in [6.45, 7) is 6.19. The summed E-state index contributed by atoms with van der Waals surface area (Å²) in [5.74, 6) is 1.60. The standard InChI is InChI=1S/C20H22N4O3/c1-5-8-27-18-7-6-15(10-19(18)26-4)12-22-24-20-17(11-21)16(13-25-3)9-14(2)23-20/h5-7,9-10,12H,1,8,13H2,2-4H3,(H,23,24)/b22-12+.